The van der Waals surface area contributed by atoms with Crippen LogP contribution < -0.4 is 5.32 Å². The smallest absolute Gasteiger partial charge is 0.408 e. The van der Waals surface area contributed by atoms with Crippen molar-refractivity contribution in [3.05, 3.63) is 71.8 Å². The van der Waals surface area contributed by atoms with Gasteiger partial charge in [0, 0.05) is 11.1 Å². The summed E-state index contributed by atoms with van der Waals surface area (Å²) in [4.78, 5) is 12.1. The van der Waals surface area contributed by atoms with E-state index >= 15 is 0 Å². The lowest BCUT2D eigenvalue weighted by molar-refractivity contribution is 0.0559. The largest absolute Gasteiger partial charge is 0.431 e. The zero-order valence-electron chi connectivity index (χ0n) is 13.0. The van der Waals surface area contributed by atoms with Crippen molar-refractivity contribution in [1.82, 2.24) is 5.32 Å². The highest BCUT2D eigenvalue weighted by Gasteiger charge is 2.53. The van der Waals surface area contributed by atoms with Gasteiger partial charge in [0.25, 0.3) is 0 Å². The van der Waals surface area contributed by atoms with Crippen LogP contribution in [0, 0.1) is 5.92 Å². The number of alkyl carbamates (subject to hydrolysis) is 1. The number of carbonyl (C=O) groups excluding carboxylic acids is 1. The molecule has 3 heteroatoms. The van der Waals surface area contributed by atoms with E-state index in [1.807, 2.05) is 60.7 Å². The molecule has 2 aromatic carbocycles. The summed E-state index contributed by atoms with van der Waals surface area (Å²) in [7, 11) is 0. The van der Waals surface area contributed by atoms with Crippen LogP contribution in [0.1, 0.15) is 31.4 Å². The van der Waals surface area contributed by atoms with E-state index in [0.717, 1.165) is 17.5 Å². The first-order valence-corrected chi connectivity index (χ1v) is 7.79. The molecule has 22 heavy (non-hydrogen) atoms. The Balaban J connectivity index is 2.21. The third kappa shape index (κ3) is 2.27. The second-order valence-corrected chi connectivity index (χ2v) is 5.86. The highest BCUT2D eigenvalue weighted by atomic mass is 16.6. The summed E-state index contributed by atoms with van der Waals surface area (Å²) in [6.45, 7) is 4.29. The molecule has 1 heterocycles. The highest BCUT2D eigenvalue weighted by molar-refractivity contribution is 5.73. The van der Waals surface area contributed by atoms with Gasteiger partial charge in [-0.1, -0.05) is 80.9 Å². The van der Waals surface area contributed by atoms with Crippen molar-refractivity contribution in [1.29, 1.82) is 0 Å². The molecule has 1 aliphatic rings. The van der Waals surface area contributed by atoms with Gasteiger partial charge in [-0.3, -0.25) is 0 Å². The number of benzene rings is 2. The quantitative estimate of drug-likeness (QED) is 0.922. The van der Waals surface area contributed by atoms with E-state index in [-0.39, 0.29) is 12.1 Å². The molecular formula is C19H21NO2. The van der Waals surface area contributed by atoms with Crippen LogP contribution in [0.5, 0.6) is 0 Å². The summed E-state index contributed by atoms with van der Waals surface area (Å²) < 4.78 is 5.91. The Kier molecular flexibility index (Phi) is 3.88. The summed E-state index contributed by atoms with van der Waals surface area (Å²) in [5.74, 6) is 0.298. The molecule has 1 aliphatic heterocycles. The van der Waals surface area contributed by atoms with E-state index in [1.165, 1.54) is 0 Å². The molecule has 2 aromatic rings. The number of nitrogens with one attached hydrogen (secondary N) is 1. The van der Waals surface area contributed by atoms with Crippen LogP contribution >= 0.6 is 0 Å². The first-order chi connectivity index (χ1) is 10.7. The maximum Gasteiger partial charge on any atom is 0.408 e. The van der Waals surface area contributed by atoms with Crippen LogP contribution in [0.2, 0.25) is 0 Å². The number of amides is 1. The predicted octanol–water partition coefficient (Wildman–Crippen LogP) is 4.08. The second-order valence-electron chi connectivity index (χ2n) is 5.86. The third-order valence-electron chi connectivity index (χ3n) is 4.58. The van der Waals surface area contributed by atoms with Crippen molar-refractivity contribution >= 4 is 6.09 Å². The van der Waals surface area contributed by atoms with Gasteiger partial charge in [-0.2, -0.15) is 0 Å². The average Bonchev–Trinajstić information content (AvgIpc) is 2.94. The lowest BCUT2D eigenvalue weighted by Gasteiger charge is -2.36. The van der Waals surface area contributed by atoms with Crippen molar-refractivity contribution in [3.8, 4) is 0 Å². The minimum absolute atomic E-state index is 0.0881. The molecule has 0 bridgehead atoms. The van der Waals surface area contributed by atoms with E-state index in [2.05, 4.69) is 19.2 Å². The van der Waals surface area contributed by atoms with Crippen LogP contribution in [0.15, 0.2) is 60.7 Å². The second kappa shape index (κ2) is 5.84. The molecule has 1 N–H and O–H groups in total. The van der Waals surface area contributed by atoms with Gasteiger partial charge in [0.1, 0.15) is 0 Å². The number of cyclic esters (lactones) is 1. The fraction of sp³-hybridized carbons (Fsp3) is 0.316. The van der Waals surface area contributed by atoms with E-state index in [4.69, 9.17) is 4.74 Å². The molecule has 1 fully saturated rings. The van der Waals surface area contributed by atoms with Gasteiger partial charge in [-0.05, 0) is 5.92 Å². The van der Waals surface area contributed by atoms with Gasteiger partial charge >= 0.3 is 6.09 Å². The molecule has 0 saturated carbocycles. The molecule has 1 amide bonds. The van der Waals surface area contributed by atoms with Crippen LogP contribution in [-0.4, -0.2) is 12.1 Å². The first kappa shape index (κ1) is 14.6. The van der Waals surface area contributed by atoms with Gasteiger partial charge in [0.15, 0.2) is 5.60 Å². The Morgan fingerprint density at radius 1 is 1.05 bits per heavy atom. The van der Waals surface area contributed by atoms with E-state index in [1.54, 1.807) is 0 Å². The topological polar surface area (TPSA) is 38.3 Å². The summed E-state index contributed by atoms with van der Waals surface area (Å²) in [6, 6.07) is 19.9. The Morgan fingerprint density at radius 2 is 1.55 bits per heavy atom. The first-order valence-electron chi connectivity index (χ1n) is 7.79. The van der Waals surface area contributed by atoms with Crippen LogP contribution in [0.25, 0.3) is 0 Å². The number of rotatable bonds is 4. The molecule has 1 saturated heterocycles. The number of hydrogen-bond acceptors (Lipinski definition) is 2. The van der Waals surface area contributed by atoms with E-state index < -0.39 is 5.60 Å². The predicted molar refractivity (Wildman–Crippen MR) is 86.5 cm³/mol. The van der Waals surface area contributed by atoms with Crippen molar-refractivity contribution in [2.45, 2.75) is 31.9 Å². The van der Waals surface area contributed by atoms with Gasteiger partial charge in [-0.25, -0.2) is 4.79 Å². The molecule has 0 aliphatic carbocycles. The Bertz CT molecular complexity index is 599. The standard InChI is InChI=1S/C19H21NO2/c1-3-14(2)17-19(22-18(21)20-17,15-10-6-4-7-11-15)16-12-8-5-9-13-16/h4-14,17H,3H2,1-2H3,(H,20,21)/t14-,17+/m1/s1. The molecule has 0 radical (unpaired) electrons. The molecule has 0 aromatic heterocycles. The average molecular weight is 295 g/mol. The number of hydrogen-bond donors (Lipinski definition) is 1. The summed E-state index contributed by atoms with van der Waals surface area (Å²) >= 11 is 0. The molecule has 2 atom stereocenters. The molecule has 3 rings (SSSR count). The molecule has 0 unspecified atom stereocenters. The summed E-state index contributed by atoms with van der Waals surface area (Å²) in [5.41, 5.74) is 1.24. The lowest BCUT2D eigenvalue weighted by Crippen LogP contribution is -2.46. The maximum absolute atomic E-state index is 12.1. The molecular weight excluding hydrogens is 274 g/mol. The van der Waals surface area contributed by atoms with E-state index in [9.17, 15) is 4.79 Å². The normalized spacial score (nSPS) is 21.0. The Labute approximate surface area is 131 Å². The van der Waals surface area contributed by atoms with Crippen LogP contribution in [-0.2, 0) is 10.3 Å². The van der Waals surface area contributed by atoms with Crippen molar-refractivity contribution in [2.75, 3.05) is 0 Å². The van der Waals surface area contributed by atoms with E-state index in [0.29, 0.717) is 5.92 Å². The lowest BCUT2D eigenvalue weighted by atomic mass is 9.75. The Hall–Kier alpha value is -2.29. The third-order valence-corrected chi connectivity index (χ3v) is 4.58. The molecule has 3 nitrogen and oxygen atoms in total. The minimum atomic E-state index is -0.769. The van der Waals surface area contributed by atoms with Crippen molar-refractivity contribution < 1.29 is 9.53 Å². The fourth-order valence-corrected chi connectivity index (χ4v) is 3.26. The zero-order valence-corrected chi connectivity index (χ0v) is 13.0. The van der Waals surface area contributed by atoms with Crippen LogP contribution in [0.3, 0.4) is 0 Å². The van der Waals surface area contributed by atoms with Crippen molar-refractivity contribution in [3.63, 3.8) is 0 Å². The van der Waals surface area contributed by atoms with Gasteiger partial charge in [0.2, 0.25) is 0 Å². The Morgan fingerprint density at radius 3 is 2.00 bits per heavy atom. The van der Waals surface area contributed by atoms with Crippen molar-refractivity contribution in [2.24, 2.45) is 5.92 Å². The van der Waals surface area contributed by atoms with Gasteiger partial charge in [-0.15, -0.1) is 0 Å². The van der Waals surface area contributed by atoms with Gasteiger partial charge in [0.05, 0.1) is 6.04 Å². The number of ether oxygens (including phenoxy) is 1. The summed E-state index contributed by atoms with van der Waals surface area (Å²) in [6.07, 6.45) is 0.619. The molecule has 0 spiro atoms. The summed E-state index contributed by atoms with van der Waals surface area (Å²) in [5, 5.41) is 3.03. The highest BCUT2D eigenvalue weighted by Crippen LogP contribution is 2.43. The zero-order chi connectivity index (χ0) is 15.6. The van der Waals surface area contributed by atoms with Gasteiger partial charge < -0.3 is 10.1 Å². The van der Waals surface area contributed by atoms with Crippen LogP contribution in [0.4, 0.5) is 4.79 Å². The molecule has 114 valence electrons. The minimum Gasteiger partial charge on any atom is -0.431 e. The maximum atomic E-state index is 12.1. The SMILES string of the molecule is CC[C@@H](C)[C@@H]1NC(=O)OC1(c1ccccc1)c1ccccc1. The number of carbonyl (C=O) groups is 1. The fourth-order valence-electron chi connectivity index (χ4n) is 3.26. The monoisotopic (exact) mass is 295 g/mol.